The summed E-state index contributed by atoms with van der Waals surface area (Å²) >= 11 is 0. The first-order chi connectivity index (χ1) is 11.4. The third kappa shape index (κ3) is 4.76. The van der Waals surface area contributed by atoms with Crippen molar-refractivity contribution in [1.82, 2.24) is 5.32 Å². The molecule has 24 heavy (non-hydrogen) atoms. The van der Waals surface area contributed by atoms with E-state index in [0.717, 1.165) is 12.1 Å². The molecule has 2 aromatic rings. The van der Waals surface area contributed by atoms with Crippen LogP contribution in [-0.4, -0.2) is 23.7 Å². The Morgan fingerprint density at radius 2 is 1.79 bits per heavy atom. The second kappa shape index (κ2) is 7.88. The van der Waals surface area contributed by atoms with E-state index in [4.69, 9.17) is 4.74 Å². The quantitative estimate of drug-likeness (QED) is 0.852. The van der Waals surface area contributed by atoms with Crippen LogP contribution in [0.4, 0.5) is 8.78 Å². The third-order valence-corrected chi connectivity index (χ3v) is 3.27. The molecule has 1 amide bonds. The summed E-state index contributed by atoms with van der Waals surface area (Å²) in [5, 5.41) is 12.6. The van der Waals surface area contributed by atoms with Crippen molar-refractivity contribution in [3.05, 3.63) is 65.2 Å². The molecule has 2 rings (SSSR count). The summed E-state index contributed by atoms with van der Waals surface area (Å²) in [6, 6.07) is 9.74. The number of nitrogens with one attached hydrogen (secondary N) is 1. The Hall–Kier alpha value is -2.47. The molecule has 0 spiro atoms. The highest BCUT2D eigenvalue weighted by Crippen LogP contribution is 2.18. The lowest BCUT2D eigenvalue weighted by Crippen LogP contribution is -2.28. The van der Waals surface area contributed by atoms with Crippen LogP contribution >= 0.6 is 0 Å². The van der Waals surface area contributed by atoms with Gasteiger partial charge in [0.1, 0.15) is 5.75 Å². The topological polar surface area (TPSA) is 58.6 Å². The van der Waals surface area contributed by atoms with Crippen LogP contribution in [0.25, 0.3) is 0 Å². The minimum absolute atomic E-state index is 0.0122. The van der Waals surface area contributed by atoms with Gasteiger partial charge in [0.2, 0.25) is 0 Å². The van der Waals surface area contributed by atoms with Gasteiger partial charge in [-0.05, 0) is 49.7 Å². The van der Waals surface area contributed by atoms with Gasteiger partial charge in [0.05, 0.1) is 12.2 Å². The van der Waals surface area contributed by atoms with Gasteiger partial charge in [-0.3, -0.25) is 4.79 Å². The molecule has 0 aromatic heterocycles. The Morgan fingerprint density at radius 1 is 1.12 bits per heavy atom. The number of benzene rings is 2. The van der Waals surface area contributed by atoms with Gasteiger partial charge in [0.25, 0.3) is 5.91 Å². The van der Waals surface area contributed by atoms with Crippen LogP contribution in [0.3, 0.4) is 0 Å². The van der Waals surface area contributed by atoms with Crippen molar-refractivity contribution in [2.75, 3.05) is 6.54 Å². The zero-order chi connectivity index (χ0) is 17.7. The largest absolute Gasteiger partial charge is 0.491 e. The van der Waals surface area contributed by atoms with Gasteiger partial charge in [-0.25, -0.2) is 8.78 Å². The molecule has 0 aliphatic rings. The molecule has 128 valence electrons. The van der Waals surface area contributed by atoms with E-state index < -0.39 is 23.6 Å². The van der Waals surface area contributed by atoms with Gasteiger partial charge in [-0.2, -0.15) is 0 Å². The van der Waals surface area contributed by atoms with Gasteiger partial charge in [0.15, 0.2) is 11.6 Å². The maximum absolute atomic E-state index is 13.1. The van der Waals surface area contributed by atoms with E-state index in [2.05, 4.69) is 5.32 Å². The van der Waals surface area contributed by atoms with Crippen LogP contribution in [0.15, 0.2) is 42.5 Å². The van der Waals surface area contributed by atoms with E-state index in [0.29, 0.717) is 11.3 Å². The molecule has 1 unspecified atom stereocenters. The van der Waals surface area contributed by atoms with Crippen molar-refractivity contribution in [3.63, 3.8) is 0 Å². The summed E-state index contributed by atoms with van der Waals surface area (Å²) in [6.07, 6.45) is -0.872. The highest BCUT2D eigenvalue weighted by Gasteiger charge is 2.13. The summed E-state index contributed by atoms with van der Waals surface area (Å²) in [7, 11) is 0. The van der Waals surface area contributed by atoms with Crippen LogP contribution in [0.1, 0.15) is 35.9 Å². The number of ether oxygens (including phenoxy) is 1. The number of hydrogen-bond acceptors (Lipinski definition) is 3. The van der Waals surface area contributed by atoms with E-state index in [-0.39, 0.29) is 18.2 Å². The summed E-state index contributed by atoms with van der Waals surface area (Å²) in [5.41, 5.74) is 0.596. The van der Waals surface area contributed by atoms with Crippen LogP contribution in [0, 0.1) is 11.6 Å². The van der Waals surface area contributed by atoms with Crippen LogP contribution in [0.2, 0.25) is 0 Å². The molecule has 0 saturated carbocycles. The fourth-order valence-electron chi connectivity index (χ4n) is 2.09. The lowest BCUT2D eigenvalue weighted by atomic mass is 10.1. The van der Waals surface area contributed by atoms with E-state index in [9.17, 15) is 18.7 Å². The van der Waals surface area contributed by atoms with Crippen molar-refractivity contribution >= 4 is 5.91 Å². The molecule has 0 heterocycles. The predicted octanol–water partition coefficient (Wildman–Crippen LogP) is 3.22. The lowest BCUT2D eigenvalue weighted by molar-refractivity contribution is 0.0915. The molecule has 6 heteroatoms. The highest BCUT2D eigenvalue weighted by molar-refractivity contribution is 5.94. The SMILES string of the molecule is CC(C)Oc1ccc(C(O)CNC(=O)c2ccc(F)c(F)c2)cc1. The number of aliphatic hydroxyl groups excluding tert-OH is 1. The smallest absolute Gasteiger partial charge is 0.251 e. The van der Waals surface area contributed by atoms with Crippen molar-refractivity contribution in [1.29, 1.82) is 0 Å². The van der Waals surface area contributed by atoms with Gasteiger partial charge in [-0.15, -0.1) is 0 Å². The van der Waals surface area contributed by atoms with E-state index >= 15 is 0 Å². The molecule has 2 aromatic carbocycles. The Morgan fingerprint density at radius 3 is 2.38 bits per heavy atom. The first-order valence-electron chi connectivity index (χ1n) is 7.54. The summed E-state index contributed by atoms with van der Waals surface area (Å²) in [6.45, 7) is 3.77. The van der Waals surface area contributed by atoms with Gasteiger partial charge in [0, 0.05) is 12.1 Å². The third-order valence-electron chi connectivity index (χ3n) is 3.27. The van der Waals surface area contributed by atoms with Gasteiger partial charge < -0.3 is 15.2 Å². The fraction of sp³-hybridized carbons (Fsp3) is 0.278. The summed E-state index contributed by atoms with van der Waals surface area (Å²) in [4.78, 5) is 11.9. The molecule has 0 bridgehead atoms. The molecular weight excluding hydrogens is 316 g/mol. The number of aliphatic hydroxyl groups is 1. The Bertz CT molecular complexity index is 702. The lowest BCUT2D eigenvalue weighted by Gasteiger charge is -2.14. The average Bonchev–Trinajstić information content (AvgIpc) is 2.55. The average molecular weight is 335 g/mol. The molecule has 0 fully saturated rings. The van der Waals surface area contributed by atoms with Crippen molar-refractivity contribution in [3.8, 4) is 5.75 Å². The van der Waals surface area contributed by atoms with Crippen molar-refractivity contribution in [2.45, 2.75) is 26.1 Å². The molecular formula is C18H19F2NO3. The zero-order valence-electron chi connectivity index (χ0n) is 13.4. The Kier molecular flexibility index (Phi) is 5.87. The maximum Gasteiger partial charge on any atom is 0.251 e. The zero-order valence-corrected chi connectivity index (χ0v) is 13.4. The van der Waals surface area contributed by atoms with Crippen LogP contribution < -0.4 is 10.1 Å². The number of carbonyl (C=O) groups is 1. The Balaban J connectivity index is 1.93. The minimum atomic E-state index is -1.09. The molecule has 0 saturated heterocycles. The molecule has 0 aliphatic carbocycles. The van der Waals surface area contributed by atoms with Crippen LogP contribution in [-0.2, 0) is 0 Å². The first-order valence-corrected chi connectivity index (χ1v) is 7.54. The summed E-state index contributed by atoms with van der Waals surface area (Å²) < 4.78 is 31.5. The van der Waals surface area contributed by atoms with Crippen molar-refractivity contribution < 1.29 is 23.4 Å². The number of halogens is 2. The van der Waals surface area contributed by atoms with E-state index in [1.165, 1.54) is 6.07 Å². The van der Waals surface area contributed by atoms with E-state index in [1.54, 1.807) is 24.3 Å². The number of carbonyl (C=O) groups excluding carboxylic acids is 1. The maximum atomic E-state index is 13.1. The van der Waals surface area contributed by atoms with Gasteiger partial charge >= 0.3 is 0 Å². The second-order valence-electron chi connectivity index (χ2n) is 5.59. The minimum Gasteiger partial charge on any atom is -0.491 e. The molecule has 0 radical (unpaired) electrons. The molecule has 4 nitrogen and oxygen atoms in total. The highest BCUT2D eigenvalue weighted by atomic mass is 19.2. The normalized spacial score (nSPS) is 12.1. The van der Waals surface area contributed by atoms with E-state index in [1.807, 2.05) is 13.8 Å². The number of hydrogen-bond donors (Lipinski definition) is 2. The monoisotopic (exact) mass is 335 g/mol. The molecule has 0 aliphatic heterocycles. The second-order valence-corrected chi connectivity index (χ2v) is 5.59. The number of rotatable bonds is 6. The first kappa shape index (κ1) is 17.9. The molecule has 1 atom stereocenters. The standard InChI is InChI=1S/C18H19F2NO3/c1-11(2)24-14-6-3-12(4-7-14)17(22)10-21-18(23)13-5-8-15(19)16(20)9-13/h3-9,11,17,22H,10H2,1-2H3,(H,21,23). The summed E-state index contributed by atoms with van der Waals surface area (Å²) in [5.74, 6) is -2.02. The van der Waals surface area contributed by atoms with Gasteiger partial charge in [-0.1, -0.05) is 12.1 Å². The molecule has 2 N–H and O–H groups in total. The Labute approximate surface area is 139 Å². The van der Waals surface area contributed by atoms with Crippen molar-refractivity contribution in [2.24, 2.45) is 0 Å². The fourth-order valence-corrected chi connectivity index (χ4v) is 2.09. The van der Waals surface area contributed by atoms with Crippen LogP contribution in [0.5, 0.6) is 5.75 Å². The predicted molar refractivity (Wildman–Crippen MR) is 85.9 cm³/mol. The number of amides is 1.